The molecule has 0 amide bonds. The molecule has 0 saturated heterocycles. The van der Waals surface area contributed by atoms with Gasteiger partial charge in [-0.25, -0.2) is 9.78 Å². The molecule has 0 saturated carbocycles. The van der Waals surface area contributed by atoms with Crippen LogP contribution < -0.4 is 0 Å². The summed E-state index contributed by atoms with van der Waals surface area (Å²) in [6.07, 6.45) is 0. The maximum atomic E-state index is 11.0. The highest BCUT2D eigenvalue weighted by Crippen LogP contribution is 2.19. The predicted octanol–water partition coefficient (Wildman–Crippen LogP) is 1.88. The second kappa shape index (κ2) is 2.83. The Balaban J connectivity index is 2.88. The Labute approximate surface area is 80.6 Å². The molecule has 0 radical (unpaired) electrons. The average molecular weight is 190 g/mol. The van der Waals surface area contributed by atoms with Crippen LogP contribution in [0.15, 0.2) is 12.1 Å². The lowest BCUT2D eigenvalue weighted by Crippen LogP contribution is -2.00. The quantitative estimate of drug-likeness (QED) is 0.721. The number of aryl methyl sites for hydroxylation is 2. The zero-order chi connectivity index (χ0) is 10.3. The number of aromatic nitrogens is 2. The first-order chi connectivity index (χ1) is 6.59. The van der Waals surface area contributed by atoms with Gasteiger partial charge in [0.25, 0.3) is 0 Å². The second-order valence-corrected chi connectivity index (χ2v) is 3.28. The first kappa shape index (κ1) is 8.74. The zero-order valence-corrected chi connectivity index (χ0v) is 7.96. The number of nitrogens with one attached hydrogen (secondary N) is 1. The predicted molar refractivity (Wildman–Crippen MR) is 52.5 cm³/mol. The van der Waals surface area contributed by atoms with E-state index in [1.54, 1.807) is 19.9 Å². The van der Waals surface area contributed by atoms with Crippen LogP contribution in [0.25, 0.3) is 11.0 Å². The van der Waals surface area contributed by atoms with Crippen molar-refractivity contribution >= 4 is 17.0 Å². The van der Waals surface area contributed by atoms with Crippen molar-refractivity contribution in [1.29, 1.82) is 0 Å². The van der Waals surface area contributed by atoms with Gasteiger partial charge in [-0.1, -0.05) is 6.07 Å². The van der Waals surface area contributed by atoms with Crippen molar-refractivity contribution < 1.29 is 9.90 Å². The van der Waals surface area contributed by atoms with Crippen molar-refractivity contribution in [2.75, 3.05) is 0 Å². The largest absolute Gasteiger partial charge is 0.478 e. The Morgan fingerprint density at radius 3 is 2.79 bits per heavy atom. The molecule has 0 aliphatic rings. The number of carboxylic acids is 1. The number of fused-ring (bicyclic) bond motifs is 1. The number of aromatic carboxylic acids is 1. The lowest BCUT2D eigenvalue weighted by molar-refractivity contribution is 0.0698. The summed E-state index contributed by atoms with van der Waals surface area (Å²) < 4.78 is 0. The molecule has 0 bridgehead atoms. The van der Waals surface area contributed by atoms with Gasteiger partial charge in [0.2, 0.25) is 0 Å². The summed E-state index contributed by atoms with van der Waals surface area (Å²) in [6.45, 7) is 3.58. The summed E-state index contributed by atoms with van der Waals surface area (Å²) in [5.41, 5.74) is 2.32. The first-order valence-electron chi connectivity index (χ1n) is 4.29. The standard InChI is InChI=1S/C10H10N2O2/c1-5-3-4-7-9(8(5)10(13)14)12-6(2)11-7/h3-4H,1-2H3,(H,11,12)(H,13,14). The van der Waals surface area contributed by atoms with Crippen LogP contribution in [-0.4, -0.2) is 21.0 Å². The van der Waals surface area contributed by atoms with Crippen molar-refractivity contribution in [3.05, 3.63) is 29.1 Å². The van der Waals surface area contributed by atoms with E-state index in [-0.39, 0.29) is 5.56 Å². The molecule has 0 unspecified atom stereocenters. The van der Waals surface area contributed by atoms with Crippen molar-refractivity contribution in [1.82, 2.24) is 9.97 Å². The Kier molecular flexibility index (Phi) is 1.77. The highest BCUT2D eigenvalue weighted by Gasteiger charge is 2.14. The van der Waals surface area contributed by atoms with Gasteiger partial charge in [-0.2, -0.15) is 0 Å². The van der Waals surface area contributed by atoms with Gasteiger partial charge in [0, 0.05) is 0 Å². The van der Waals surface area contributed by atoms with E-state index >= 15 is 0 Å². The number of H-pyrrole nitrogens is 1. The third kappa shape index (κ3) is 1.16. The highest BCUT2D eigenvalue weighted by atomic mass is 16.4. The smallest absolute Gasteiger partial charge is 0.338 e. The van der Waals surface area contributed by atoms with Crippen LogP contribution in [-0.2, 0) is 0 Å². The molecule has 0 atom stereocenters. The molecule has 1 aromatic carbocycles. The summed E-state index contributed by atoms with van der Waals surface area (Å²) in [4.78, 5) is 18.2. The van der Waals surface area contributed by atoms with E-state index < -0.39 is 5.97 Å². The van der Waals surface area contributed by atoms with Crippen molar-refractivity contribution in [2.45, 2.75) is 13.8 Å². The Morgan fingerprint density at radius 2 is 2.14 bits per heavy atom. The molecule has 0 fully saturated rings. The Morgan fingerprint density at radius 1 is 1.43 bits per heavy atom. The van der Waals surface area contributed by atoms with Gasteiger partial charge in [-0.05, 0) is 25.5 Å². The van der Waals surface area contributed by atoms with Crippen LogP contribution in [0.5, 0.6) is 0 Å². The number of rotatable bonds is 1. The Hall–Kier alpha value is -1.84. The third-order valence-corrected chi connectivity index (χ3v) is 2.20. The molecule has 0 spiro atoms. The monoisotopic (exact) mass is 190 g/mol. The van der Waals surface area contributed by atoms with Gasteiger partial charge in [0.05, 0.1) is 11.1 Å². The van der Waals surface area contributed by atoms with E-state index in [9.17, 15) is 4.79 Å². The highest BCUT2D eigenvalue weighted by molar-refractivity contribution is 6.02. The van der Waals surface area contributed by atoms with Crippen LogP contribution >= 0.6 is 0 Å². The lowest BCUT2D eigenvalue weighted by Gasteiger charge is -1.99. The fourth-order valence-corrected chi connectivity index (χ4v) is 1.57. The fraction of sp³-hybridized carbons (Fsp3) is 0.200. The number of imidazole rings is 1. The minimum atomic E-state index is -0.931. The molecule has 2 N–H and O–H groups in total. The molecule has 1 heterocycles. The van der Waals surface area contributed by atoms with Crippen LogP contribution in [0.1, 0.15) is 21.7 Å². The summed E-state index contributed by atoms with van der Waals surface area (Å²) in [6, 6.07) is 3.63. The molecule has 0 aliphatic carbocycles. The van der Waals surface area contributed by atoms with Crippen molar-refractivity contribution in [3.63, 3.8) is 0 Å². The van der Waals surface area contributed by atoms with Crippen LogP contribution in [0, 0.1) is 13.8 Å². The van der Waals surface area contributed by atoms with Gasteiger partial charge in [-0.3, -0.25) is 0 Å². The number of hydrogen-bond donors (Lipinski definition) is 2. The van der Waals surface area contributed by atoms with Crippen LogP contribution in [0.4, 0.5) is 0 Å². The van der Waals surface area contributed by atoms with Crippen LogP contribution in [0.2, 0.25) is 0 Å². The molecule has 2 rings (SSSR count). The summed E-state index contributed by atoms with van der Waals surface area (Å²) in [5.74, 6) is -0.201. The van der Waals surface area contributed by atoms with E-state index in [1.165, 1.54) is 0 Å². The molecule has 1 aromatic heterocycles. The van der Waals surface area contributed by atoms with E-state index in [4.69, 9.17) is 5.11 Å². The fourth-order valence-electron chi connectivity index (χ4n) is 1.57. The first-order valence-corrected chi connectivity index (χ1v) is 4.29. The molecule has 4 nitrogen and oxygen atoms in total. The van der Waals surface area contributed by atoms with E-state index in [0.717, 1.165) is 16.9 Å². The molecule has 14 heavy (non-hydrogen) atoms. The van der Waals surface area contributed by atoms with Gasteiger partial charge < -0.3 is 10.1 Å². The van der Waals surface area contributed by atoms with Gasteiger partial charge in [0.1, 0.15) is 11.3 Å². The summed E-state index contributed by atoms with van der Waals surface area (Å²) in [7, 11) is 0. The zero-order valence-electron chi connectivity index (χ0n) is 7.96. The number of hydrogen-bond acceptors (Lipinski definition) is 2. The number of benzene rings is 1. The molecule has 2 aromatic rings. The number of aromatic amines is 1. The van der Waals surface area contributed by atoms with E-state index in [2.05, 4.69) is 9.97 Å². The molecule has 72 valence electrons. The van der Waals surface area contributed by atoms with E-state index in [0.29, 0.717) is 5.52 Å². The molecular formula is C10H10N2O2. The minimum absolute atomic E-state index is 0.284. The minimum Gasteiger partial charge on any atom is -0.478 e. The summed E-state index contributed by atoms with van der Waals surface area (Å²) in [5, 5.41) is 9.02. The topological polar surface area (TPSA) is 66.0 Å². The van der Waals surface area contributed by atoms with Crippen molar-refractivity contribution in [2.24, 2.45) is 0 Å². The van der Waals surface area contributed by atoms with Crippen LogP contribution in [0.3, 0.4) is 0 Å². The number of carbonyl (C=O) groups is 1. The molecule has 4 heteroatoms. The molecular weight excluding hydrogens is 180 g/mol. The van der Waals surface area contributed by atoms with Gasteiger partial charge in [-0.15, -0.1) is 0 Å². The normalized spacial score (nSPS) is 10.7. The maximum absolute atomic E-state index is 11.0. The SMILES string of the molecule is Cc1nc2c(C(=O)O)c(C)ccc2[nH]1. The van der Waals surface area contributed by atoms with Gasteiger partial charge in [0.15, 0.2) is 0 Å². The van der Waals surface area contributed by atoms with Gasteiger partial charge >= 0.3 is 5.97 Å². The third-order valence-electron chi connectivity index (χ3n) is 2.20. The lowest BCUT2D eigenvalue weighted by atomic mass is 10.1. The maximum Gasteiger partial charge on any atom is 0.338 e. The number of nitrogens with zero attached hydrogens (tertiary/aromatic N) is 1. The number of carboxylic acid groups (broad SMARTS) is 1. The van der Waals surface area contributed by atoms with Crippen molar-refractivity contribution in [3.8, 4) is 0 Å². The Bertz CT molecular complexity index is 514. The second-order valence-electron chi connectivity index (χ2n) is 3.28. The van der Waals surface area contributed by atoms with E-state index in [1.807, 2.05) is 6.07 Å². The average Bonchev–Trinajstić information content (AvgIpc) is 2.43. The summed E-state index contributed by atoms with van der Waals surface area (Å²) >= 11 is 0. The molecule has 0 aliphatic heterocycles.